The molecule has 2 heterocycles. The van der Waals surface area contributed by atoms with E-state index in [1.54, 1.807) is 0 Å². The Morgan fingerprint density at radius 2 is 1.93 bits per heavy atom. The number of ether oxygens (including phenoxy) is 1. The Labute approximate surface area is 163 Å². The molecule has 1 aromatic carbocycles. The zero-order valence-electron chi connectivity index (χ0n) is 16.5. The SMILES string of the molecule is CCNC(=NCC1(CO)CCOCC1)N1CCC(=Cc2ccccc2)CC1. The second kappa shape index (κ2) is 9.90. The Morgan fingerprint density at radius 3 is 2.56 bits per heavy atom. The minimum atomic E-state index is -0.118. The lowest BCUT2D eigenvalue weighted by Crippen LogP contribution is -2.45. The van der Waals surface area contributed by atoms with E-state index in [2.05, 4.69) is 53.5 Å². The number of nitrogens with zero attached hydrogens (tertiary/aromatic N) is 2. The molecule has 2 aliphatic rings. The van der Waals surface area contributed by atoms with Crippen LogP contribution in [0, 0.1) is 5.41 Å². The monoisotopic (exact) mass is 371 g/mol. The first-order chi connectivity index (χ1) is 13.2. The van der Waals surface area contributed by atoms with Crippen molar-refractivity contribution >= 4 is 12.0 Å². The fourth-order valence-corrected chi connectivity index (χ4v) is 3.77. The first-order valence-corrected chi connectivity index (χ1v) is 10.2. The van der Waals surface area contributed by atoms with Crippen molar-refractivity contribution in [1.29, 1.82) is 0 Å². The highest BCUT2D eigenvalue weighted by Gasteiger charge is 2.32. The molecule has 27 heavy (non-hydrogen) atoms. The van der Waals surface area contributed by atoms with Crippen LogP contribution >= 0.6 is 0 Å². The van der Waals surface area contributed by atoms with E-state index in [9.17, 15) is 5.11 Å². The van der Waals surface area contributed by atoms with Gasteiger partial charge in [-0.1, -0.05) is 42.0 Å². The lowest BCUT2D eigenvalue weighted by atomic mass is 9.81. The topological polar surface area (TPSA) is 57.1 Å². The Bertz CT molecular complexity index is 626. The summed E-state index contributed by atoms with van der Waals surface area (Å²) in [6.07, 6.45) is 6.23. The van der Waals surface area contributed by atoms with Gasteiger partial charge in [-0.15, -0.1) is 0 Å². The molecule has 1 aromatic rings. The van der Waals surface area contributed by atoms with Crippen LogP contribution in [0.15, 0.2) is 40.9 Å². The molecule has 0 radical (unpaired) electrons. The molecule has 0 aliphatic carbocycles. The number of likely N-dealkylation sites (tertiary alicyclic amines) is 1. The third-order valence-corrected chi connectivity index (χ3v) is 5.66. The summed E-state index contributed by atoms with van der Waals surface area (Å²) >= 11 is 0. The van der Waals surface area contributed by atoms with Crippen molar-refractivity contribution in [2.75, 3.05) is 46.0 Å². The van der Waals surface area contributed by atoms with E-state index < -0.39 is 0 Å². The normalized spacial score (nSPS) is 20.4. The molecule has 2 fully saturated rings. The van der Waals surface area contributed by atoms with Crippen LogP contribution in [0.2, 0.25) is 0 Å². The van der Waals surface area contributed by atoms with E-state index >= 15 is 0 Å². The lowest BCUT2D eigenvalue weighted by molar-refractivity contribution is -0.0107. The van der Waals surface area contributed by atoms with Gasteiger partial charge in [-0.2, -0.15) is 0 Å². The highest BCUT2D eigenvalue weighted by molar-refractivity contribution is 5.80. The molecule has 2 N–H and O–H groups in total. The maximum absolute atomic E-state index is 9.90. The van der Waals surface area contributed by atoms with E-state index in [4.69, 9.17) is 9.73 Å². The molecule has 2 aliphatic heterocycles. The van der Waals surface area contributed by atoms with E-state index in [0.29, 0.717) is 6.54 Å². The quantitative estimate of drug-likeness (QED) is 0.617. The molecule has 2 saturated heterocycles. The van der Waals surface area contributed by atoms with Crippen LogP contribution in [0.1, 0.15) is 38.2 Å². The molecule has 0 unspecified atom stereocenters. The van der Waals surface area contributed by atoms with Crippen LogP contribution in [-0.4, -0.2) is 62.0 Å². The van der Waals surface area contributed by atoms with Crippen molar-refractivity contribution in [3.8, 4) is 0 Å². The number of aliphatic hydroxyl groups excluding tert-OH is 1. The summed E-state index contributed by atoms with van der Waals surface area (Å²) in [5, 5.41) is 13.3. The third kappa shape index (κ3) is 5.56. The number of aliphatic imine (C=N–C) groups is 1. The van der Waals surface area contributed by atoms with Crippen LogP contribution in [0.5, 0.6) is 0 Å². The summed E-state index contributed by atoms with van der Waals surface area (Å²) in [6, 6.07) is 10.6. The van der Waals surface area contributed by atoms with Crippen LogP contribution in [0.4, 0.5) is 0 Å². The molecule has 148 valence electrons. The van der Waals surface area contributed by atoms with Gasteiger partial charge < -0.3 is 20.1 Å². The zero-order valence-corrected chi connectivity index (χ0v) is 16.5. The molecule has 5 nitrogen and oxygen atoms in total. The molecule has 0 aromatic heterocycles. The fraction of sp³-hybridized carbons (Fsp3) is 0.591. The largest absolute Gasteiger partial charge is 0.396 e. The number of benzene rings is 1. The van der Waals surface area contributed by atoms with Gasteiger partial charge in [-0.05, 0) is 38.2 Å². The van der Waals surface area contributed by atoms with Crippen LogP contribution in [-0.2, 0) is 4.74 Å². The van der Waals surface area contributed by atoms with Gasteiger partial charge in [0.15, 0.2) is 5.96 Å². The van der Waals surface area contributed by atoms with Crippen LogP contribution in [0.25, 0.3) is 6.08 Å². The van der Waals surface area contributed by atoms with Gasteiger partial charge >= 0.3 is 0 Å². The summed E-state index contributed by atoms with van der Waals surface area (Å²) in [5.41, 5.74) is 2.67. The van der Waals surface area contributed by atoms with Gasteiger partial charge in [-0.25, -0.2) is 0 Å². The third-order valence-electron chi connectivity index (χ3n) is 5.66. The highest BCUT2D eigenvalue weighted by atomic mass is 16.5. The van der Waals surface area contributed by atoms with Gasteiger partial charge in [0.1, 0.15) is 0 Å². The summed E-state index contributed by atoms with van der Waals surface area (Å²) in [6.45, 7) is 7.24. The maximum Gasteiger partial charge on any atom is 0.193 e. The van der Waals surface area contributed by atoms with Crippen molar-refractivity contribution in [2.45, 2.75) is 32.6 Å². The molecule has 0 saturated carbocycles. The number of hydrogen-bond donors (Lipinski definition) is 2. The Morgan fingerprint density at radius 1 is 1.22 bits per heavy atom. The Balaban J connectivity index is 1.61. The summed E-state index contributed by atoms with van der Waals surface area (Å²) < 4.78 is 5.47. The first-order valence-electron chi connectivity index (χ1n) is 10.2. The van der Waals surface area contributed by atoms with Gasteiger partial charge in [0.05, 0.1) is 13.2 Å². The van der Waals surface area contributed by atoms with Crippen molar-refractivity contribution in [1.82, 2.24) is 10.2 Å². The van der Waals surface area contributed by atoms with Crippen molar-refractivity contribution in [3.63, 3.8) is 0 Å². The van der Waals surface area contributed by atoms with E-state index in [0.717, 1.165) is 64.5 Å². The van der Waals surface area contributed by atoms with Gasteiger partial charge in [-0.3, -0.25) is 4.99 Å². The minimum Gasteiger partial charge on any atom is -0.396 e. The van der Waals surface area contributed by atoms with Crippen LogP contribution in [0.3, 0.4) is 0 Å². The van der Waals surface area contributed by atoms with Gasteiger partial charge in [0.25, 0.3) is 0 Å². The molecule has 5 heteroatoms. The number of hydrogen-bond acceptors (Lipinski definition) is 3. The van der Waals surface area contributed by atoms with E-state index in [1.165, 1.54) is 11.1 Å². The predicted octanol–water partition coefficient (Wildman–Crippen LogP) is 2.92. The molecule has 0 bridgehead atoms. The average Bonchev–Trinajstić information content (AvgIpc) is 2.73. The number of rotatable bonds is 5. The smallest absolute Gasteiger partial charge is 0.193 e. The Kier molecular flexibility index (Phi) is 7.30. The van der Waals surface area contributed by atoms with Gasteiger partial charge in [0, 0.05) is 38.3 Å². The summed E-state index contributed by atoms with van der Waals surface area (Å²) in [7, 11) is 0. The second-order valence-corrected chi connectivity index (χ2v) is 7.64. The predicted molar refractivity (Wildman–Crippen MR) is 111 cm³/mol. The van der Waals surface area contributed by atoms with Crippen molar-refractivity contribution in [3.05, 3.63) is 41.5 Å². The highest BCUT2D eigenvalue weighted by Crippen LogP contribution is 2.30. The molecule has 3 rings (SSSR count). The minimum absolute atomic E-state index is 0.118. The lowest BCUT2D eigenvalue weighted by Gasteiger charge is -2.36. The number of aliphatic hydroxyl groups is 1. The summed E-state index contributed by atoms with van der Waals surface area (Å²) in [4.78, 5) is 7.27. The number of nitrogens with one attached hydrogen (secondary N) is 1. The second-order valence-electron chi connectivity index (χ2n) is 7.64. The standard InChI is InChI=1S/C22H33N3O2/c1-2-23-21(24-17-22(18-26)10-14-27-15-11-22)25-12-8-20(9-13-25)16-19-6-4-3-5-7-19/h3-7,16,26H,2,8-15,17-18H2,1H3,(H,23,24). The molecular weight excluding hydrogens is 338 g/mol. The van der Waals surface area contributed by atoms with E-state index in [-0.39, 0.29) is 12.0 Å². The van der Waals surface area contributed by atoms with Crippen molar-refractivity contribution < 1.29 is 9.84 Å². The maximum atomic E-state index is 9.90. The molecule has 0 atom stereocenters. The van der Waals surface area contributed by atoms with Crippen LogP contribution < -0.4 is 5.32 Å². The number of guanidine groups is 1. The number of piperidine rings is 1. The summed E-state index contributed by atoms with van der Waals surface area (Å²) in [5.74, 6) is 0.982. The Hall–Kier alpha value is -1.85. The molecule has 0 spiro atoms. The molecule has 0 amide bonds. The zero-order chi connectivity index (χ0) is 19.0. The van der Waals surface area contributed by atoms with Crippen molar-refractivity contribution in [2.24, 2.45) is 10.4 Å². The van der Waals surface area contributed by atoms with Gasteiger partial charge in [0.2, 0.25) is 0 Å². The average molecular weight is 372 g/mol. The molecular formula is C22H33N3O2. The van der Waals surface area contributed by atoms with E-state index in [1.807, 2.05) is 0 Å². The fourth-order valence-electron chi connectivity index (χ4n) is 3.77. The first kappa shape index (κ1) is 19.9.